The van der Waals surface area contributed by atoms with E-state index in [9.17, 15) is 14.9 Å². The summed E-state index contributed by atoms with van der Waals surface area (Å²) in [5.41, 5.74) is 0.772. The lowest BCUT2D eigenvalue weighted by atomic mass is 10.2. The fourth-order valence-electron chi connectivity index (χ4n) is 2.15. The first-order valence-electron chi connectivity index (χ1n) is 6.24. The highest BCUT2D eigenvalue weighted by Gasteiger charge is 2.26. The second kappa shape index (κ2) is 5.69. The van der Waals surface area contributed by atoms with Crippen molar-refractivity contribution in [2.75, 3.05) is 6.54 Å². The third-order valence-corrected chi connectivity index (χ3v) is 3.30. The smallest absolute Gasteiger partial charge is 0.410 e. The minimum Gasteiger partial charge on any atom is -0.445 e. The first-order valence-corrected chi connectivity index (χ1v) is 6.24. The van der Waals surface area contributed by atoms with Gasteiger partial charge in [-0.15, -0.1) is 0 Å². The molecule has 0 spiro atoms. The number of rotatable bonds is 3. The molecule has 102 valence electrons. The average molecular weight is 264 g/mol. The van der Waals surface area contributed by atoms with Crippen molar-refractivity contribution in [3.63, 3.8) is 0 Å². The topological polar surface area (TPSA) is 72.7 Å². The van der Waals surface area contributed by atoms with Gasteiger partial charge in [0.2, 0.25) is 0 Å². The summed E-state index contributed by atoms with van der Waals surface area (Å²) in [5.74, 6) is 0. The van der Waals surface area contributed by atoms with Crippen LogP contribution in [0.4, 0.5) is 10.5 Å². The van der Waals surface area contributed by atoms with Gasteiger partial charge < -0.3 is 9.64 Å². The molecule has 6 heteroatoms. The molecule has 1 aromatic carbocycles. The van der Waals surface area contributed by atoms with Crippen molar-refractivity contribution < 1.29 is 14.5 Å². The minimum absolute atomic E-state index is 0.0308. The molecule has 1 aliphatic heterocycles. The molecule has 0 aromatic heterocycles. The molecule has 1 aliphatic rings. The molecule has 1 atom stereocenters. The highest BCUT2D eigenvalue weighted by Crippen LogP contribution is 2.18. The molecular formula is C13H16N2O4. The van der Waals surface area contributed by atoms with E-state index < -0.39 is 4.92 Å². The largest absolute Gasteiger partial charge is 0.445 e. The fraction of sp³-hybridized carbons (Fsp3) is 0.462. The van der Waals surface area contributed by atoms with Gasteiger partial charge in [0.05, 0.1) is 4.92 Å². The summed E-state index contributed by atoms with van der Waals surface area (Å²) in [4.78, 5) is 23.6. The molecule has 0 aliphatic carbocycles. The Bertz CT molecular complexity index is 472. The van der Waals surface area contributed by atoms with Gasteiger partial charge in [0.15, 0.2) is 0 Å². The van der Waals surface area contributed by atoms with E-state index in [1.54, 1.807) is 17.0 Å². The molecule has 6 nitrogen and oxygen atoms in total. The third-order valence-electron chi connectivity index (χ3n) is 3.30. The summed E-state index contributed by atoms with van der Waals surface area (Å²) < 4.78 is 5.20. The summed E-state index contributed by atoms with van der Waals surface area (Å²) in [5, 5.41) is 10.5. The summed E-state index contributed by atoms with van der Waals surface area (Å²) in [6.45, 7) is 2.88. The van der Waals surface area contributed by atoms with E-state index in [1.807, 2.05) is 6.92 Å². The third kappa shape index (κ3) is 3.21. The summed E-state index contributed by atoms with van der Waals surface area (Å²) in [7, 11) is 0. The fourth-order valence-corrected chi connectivity index (χ4v) is 2.15. The van der Waals surface area contributed by atoms with Crippen molar-refractivity contribution in [3.05, 3.63) is 39.9 Å². The number of likely N-dealkylation sites (tertiary alicyclic amines) is 1. The van der Waals surface area contributed by atoms with Crippen LogP contribution in [0.3, 0.4) is 0 Å². The molecule has 1 heterocycles. The van der Waals surface area contributed by atoms with Crippen LogP contribution in [-0.4, -0.2) is 28.5 Å². The highest BCUT2D eigenvalue weighted by molar-refractivity contribution is 5.68. The van der Waals surface area contributed by atoms with Gasteiger partial charge in [-0.25, -0.2) is 4.79 Å². The molecule has 1 fully saturated rings. The van der Waals surface area contributed by atoms with Crippen molar-refractivity contribution >= 4 is 11.8 Å². The van der Waals surface area contributed by atoms with E-state index in [1.165, 1.54) is 12.1 Å². The number of nitro groups is 1. The second-order valence-corrected chi connectivity index (χ2v) is 4.66. The van der Waals surface area contributed by atoms with Gasteiger partial charge in [-0.2, -0.15) is 0 Å². The van der Waals surface area contributed by atoms with Crippen LogP contribution in [0.5, 0.6) is 0 Å². The Hall–Kier alpha value is -2.11. The highest BCUT2D eigenvalue weighted by atomic mass is 16.6. The Kier molecular flexibility index (Phi) is 3.99. The molecule has 2 rings (SSSR count). The van der Waals surface area contributed by atoms with Crippen LogP contribution in [0.25, 0.3) is 0 Å². The van der Waals surface area contributed by atoms with E-state index in [2.05, 4.69) is 0 Å². The maximum absolute atomic E-state index is 11.8. The number of nitro benzene ring substituents is 1. The maximum atomic E-state index is 11.8. The molecule has 0 unspecified atom stereocenters. The summed E-state index contributed by atoms with van der Waals surface area (Å²) in [6.07, 6.45) is 1.70. The maximum Gasteiger partial charge on any atom is 0.410 e. The van der Waals surface area contributed by atoms with Crippen LogP contribution in [0, 0.1) is 10.1 Å². The summed E-state index contributed by atoms with van der Waals surface area (Å²) >= 11 is 0. The normalized spacial score (nSPS) is 18.4. The zero-order valence-corrected chi connectivity index (χ0v) is 10.7. The Morgan fingerprint density at radius 1 is 1.47 bits per heavy atom. The van der Waals surface area contributed by atoms with Gasteiger partial charge in [-0.1, -0.05) is 0 Å². The van der Waals surface area contributed by atoms with E-state index in [-0.39, 0.29) is 24.4 Å². The summed E-state index contributed by atoms with van der Waals surface area (Å²) in [6, 6.07) is 6.23. The van der Waals surface area contributed by atoms with Gasteiger partial charge in [0.1, 0.15) is 6.61 Å². The second-order valence-electron chi connectivity index (χ2n) is 4.66. The Balaban J connectivity index is 1.88. The van der Waals surface area contributed by atoms with Crippen LogP contribution < -0.4 is 0 Å². The molecule has 19 heavy (non-hydrogen) atoms. The van der Waals surface area contributed by atoms with Gasteiger partial charge in [-0.05, 0) is 37.5 Å². The Morgan fingerprint density at radius 3 is 2.68 bits per heavy atom. The van der Waals surface area contributed by atoms with E-state index in [0.717, 1.165) is 24.9 Å². The number of hydrogen-bond acceptors (Lipinski definition) is 4. The quantitative estimate of drug-likeness (QED) is 0.621. The Labute approximate surface area is 111 Å². The molecule has 1 saturated heterocycles. The van der Waals surface area contributed by atoms with Gasteiger partial charge in [0.25, 0.3) is 5.69 Å². The van der Waals surface area contributed by atoms with Crippen LogP contribution in [0.1, 0.15) is 25.3 Å². The number of amides is 1. The molecule has 1 aromatic rings. The SMILES string of the molecule is C[C@@H]1CCCN1C(=O)OCc1ccc([N+](=O)[O-])cc1. The minimum atomic E-state index is -0.457. The standard InChI is InChI=1S/C13H16N2O4/c1-10-3-2-8-14(10)13(16)19-9-11-4-6-12(7-5-11)15(17)18/h4-7,10H,2-3,8-9H2,1H3/t10-/m1/s1. The van der Waals surface area contributed by atoms with Crippen molar-refractivity contribution in [3.8, 4) is 0 Å². The molecule has 0 N–H and O–H groups in total. The van der Waals surface area contributed by atoms with Crippen LogP contribution in [0.2, 0.25) is 0 Å². The molecule has 0 saturated carbocycles. The zero-order chi connectivity index (χ0) is 13.8. The number of benzene rings is 1. The Morgan fingerprint density at radius 2 is 2.16 bits per heavy atom. The van der Waals surface area contributed by atoms with Crippen LogP contribution >= 0.6 is 0 Å². The molecule has 0 bridgehead atoms. The number of ether oxygens (including phenoxy) is 1. The average Bonchev–Trinajstić information content (AvgIpc) is 2.83. The number of hydrogen-bond donors (Lipinski definition) is 0. The lowest BCUT2D eigenvalue weighted by Crippen LogP contribution is -2.33. The number of carbonyl (C=O) groups excluding carboxylic acids is 1. The number of carbonyl (C=O) groups is 1. The van der Waals surface area contributed by atoms with Gasteiger partial charge in [0, 0.05) is 24.7 Å². The number of nitrogens with zero attached hydrogens (tertiary/aromatic N) is 2. The van der Waals surface area contributed by atoms with Crippen molar-refractivity contribution in [2.24, 2.45) is 0 Å². The first kappa shape index (κ1) is 13.3. The molecule has 1 amide bonds. The van der Waals surface area contributed by atoms with E-state index in [4.69, 9.17) is 4.74 Å². The lowest BCUT2D eigenvalue weighted by molar-refractivity contribution is -0.384. The first-order chi connectivity index (χ1) is 9.08. The van der Waals surface area contributed by atoms with Gasteiger partial charge >= 0.3 is 6.09 Å². The monoisotopic (exact) mass is 264 g/mol. The lowest BCUT2D eigenvalue weighted by Gasteiger charge is -2.20. The van der Waals surface area contributed by atoms with Crippen molar-refractivity contribution in [1.29, 1.82) is 0 Å². The van der Waals surface area contributed by atoms with E-state index in [0.29, 0.717) is 0 Å². The van der Waals surface area contributed by atoms with E-state index >= 15 is 0 Å². The van der Waals surface area contributed by atoms with Crippen LogP contribution in [-0.2, 0) is 11.3 Å². The zero-order valence-electron chi connectivity index (χ0n) is 10.7. The van der Waals surface area contributed by atoms with Crippen molar-refractivity contribution in [2.45, 2.75) is 32.4 Å². The van der Waals surface area contributed by atoms with Crippen molar-refractivity contribution in [1.82, 2.24) is 4.90 Å². The predicted molar refractivity (Wildman–Crippen MR) is 68.7 cm³/mol. The van der Waals surface area contributed by atoms with Gasteiger partial charge in [-0.3, -0.25) is 10.1 Å². The van der Waals surface area contributed by atoms with Crippen LogP contribution in [0.15, 0.2) is 24.3 Å². The molecular weight excluding hydrogens is 248 g/mol. The predicted octanol–water partition coefficient (Wildman–Crippen LogP) is 2.72. The number of non-ortho nitro benzene ring substituents is 1. The molecule has 0 radical (unpaired) electrons.